The molecule has 0 heterocycles. The molecule has 0 fully saturated rings. The quantitative estimate of drug-likeness (QED) is 0.0161. The minimum Gasteiger partial charge on any atom is -0.756 e. The van der Waals surface area contributed by atoms with Gasteiger partial charge in [-0.1, -0.05) is 148 Å². The molecule has 11 heteroatoms. The number of unbranched alkanes of at least 4 members (excludes halogenated alkanes) is 3. The summed E-state index contributed by atoms with van der Waals surface area (Å²) in [6.07, 6.45) is 52.8. The maximum Gasteiger partial charge on any atom is 0.306 e. The fraction of sp³-hybridized carbons (Fsp3) is 0.560. The third kappa shape index (κ3) is 44.2. The van der Waals surface area contributed by atoms with E-state index in [2.05, 4.69) is 98.9 Å². The summed E-state index contributed by atoms with van der Waals surface area (Å²) in [7, 11) is 0.984. The largest absolute Gasteiger partial charge is 0.756 e. The van der Waals surface area contributed by atoms with Gasteiger partial charge >= 0.3 is 11.9 Å². The van der Waals surface area contributed by atoms with Crippen LogP contribution in [0.25, 0.3) is 0 Å². The number of aliphatic hydroxyl groups excluding tert-OH is 1. The molecule has 0 aromatic carbocycles. The minimum absolute atomic E-state index is 0.0292. The van der Waals surface area contributed by atoms with Gasteiger partial charge in [-0.2, -0.15) is 0 Å². The van der Waals surface area contributed by atoms with Crippen LogP contribution >= 0.6 is 7.82 Å². The van der Waals surface area contributed by atoms with Crippen molar-refractivity contribution in [1.29, 1.82) is 0 Å². The molecule has 0 amide bonds. The highest BCUT2D eigenvalue weighted by Gasteiger charge is 2.21. The Morgan fingerprint density at radius 1 is 0.623 bits per heavy atom. The molecule has 0 spiro atoms. The SMILES string of the molecule is CC/C=C\C/C=C\C/C=C\C/C=C\C=C\C(O)CCCC(=O)O[C@H](COC(=O)CC/C=C\C/C=C\C/C=C\C/C=C\C/C=C\CCCCC)COP(=O)([O-])OCC[N+](C)(C)C. The van der Waals surface area contributed by atoms with Gasteiger partial charge in [-0.15, -0.1) is 0 Å². The first-order chi connectivity index (χ1) is 29.4. The van der Waals surface area contributed by atoms with E-state index in [1.165, 1.54) is 25.7 Å². The second-order valence-electron chi connectivity index (χ2n) is 15.5. The van der Waals surface area contributed by atoms with Crippen LogP contribution in [0.2, 0.25) is 0 Å². The number of ether oxygens (including phenoxy) is 2. The number of phosphoric acid groups is 1. The van der Waals surface area contributed by atoms with E-state index in [9.17, 15) is 24.2 Å². The van der Waals surface area contributed by atoms with Crippen molar-refractivity contribution < 1.29 is 47.2 Å². The zero-order valence-corrected chi connectivity index (χ0v) is 39.1. The van der Waals surface area contributed by atoms with Crippen LogP contribution in [0, 0.1) is 0 Å². The molecule has 0 saturated carbocycles. The normalized spacial score (nSPS) is 15.2. The summed E-state index contributed by atoms with van der Waals surface area (Å²) in [5, 5.41) is 10.3. The number of esters is 2. The molecule has 10 nitrogen and oxygen atoms in total. The van der Waals surface area contributed by atoms with Crippen LogP contribution in [0.4, 0.5) is 0 Å². The minimum atomic E-state index is -4.71. The molecule has 0 rings (SSSR count). The van der Waals surface area contributed by atoms with E-state index in [4.69, 9.17) is 18.5 Å². The molecule has 61 heavy (non-hydrogen) atoms. The van der Waals surface area contributed by atoms with Gasteiger partial charge in [0.05, 0.1) is 33.9 Å². The molecule has 3 atom stereocenters. The smallest absolute Gasteiger partial charge is 0.306 e. The zero-order chi connectivity index (χ0) is 45.1. The predicted octanol–water partition coefficient (Wildman–Crippen LogP) is 11.2. The number of quaternary nitrogens is 1. The third-order valence-electron chi connectivity index (χ3n) is 8.58. The average molecular weight is 870 g/mol. The van der Waals surface area contributed by atoms with Crippen molar-refractivity contribution >= 4 is 19.8 Å². The average Bonchev–Trinajstić information content (AvgIpc) is 3.21. The zero-order valence-electron chi connectivity index (χ0n) is 38.2. The van der Waals surface area contributed by atoms with Gasteiger partial charge in [0.2, 0.25) is 0 Å². The van der Waals surface area contributed by atoms with Crippen molar-refractivity contribution in [3.05, 3.63) is 122 Å². The molecular formula is C50H80NO9P. The molecule has 0 bridgehead atoms. The second-order valence-corrected chi connectivity index (χ2v) is 16.9. The standard InChI is InChI=1S/C50H80NO9P/c1-6-8-10-12-14-16-18-20-21-22-23-24-25-27-29-31-33-35-37-41-49(53)57-45-48(46-59-61(55,56)58-44-43-51(3,4)5)60-50(54)42-38-40-47(52)39-36-34-32-30-28-26-19-17-15-13-11-9-7-2/h9,11,14-17,20-21,23-24,26-29,32-36,39,47-48,52H,6-8,10,12-13,18-19,22,25,30-31,37-38,40-46H2,1-5H3/b11-9-,16-14-,17-15-,21-20-,24-23-,28-26-,29-27-,34-32-,35-33-,39-36+/t47?,48-/m1/s1. The second kappa shape index (κ2) is 40.4. The van der Waals surface area contributed by atoms with Crippen LogP contribution in [0.15, 0.2) is 122 Å². The fourth-order valence-corrected chi connectivity index (χ4v) is 5.80. The van der Waals surface area contributed by atoms with E-state index in [-0.39, 0.29) is 26.1 Å². The fourth-order valence-electron chi connectivity index (χ4n) is 5.08. The third-order valence-corrected chi connectivity index (χ3v) is 9.55. The van der Waals surface area contributed by atoms with Gasteiger partial charge < -0.3 is 33.0 Å². The van der Waals surface area contributed by atoms with Gasteiger partial charge in [0.25, 0.3) is 7.82 Å². The van der Waals surface area contributed by atoms with Gasteiger partial charge in [0.15, 0.2) is 6.10 Å². The number of carbonyl (C=O) groups is 2. The number of phosphoric ester groups is 1. The highest BCUT2D eigenvalue weighted by Crippen LogP contribution is 2.38. The molecule has 0 saturated heterocycles. The summed E-state index contributed by atoms with van der Waals surface area (Å²) in [4.78, 5) is 37.6. The first-order valence-electron chi connectivity index (χ1n) is 22.4. The Balaban J connectivity index is 4.69. The van der Waals surface area contributed by atoms with Crippen molar-refractivity contribution in [2.45, 2.75) is 135 Å². The molecular weight excluding hydrogens is 790 g/mol. The van der Waals surface area contributed by atoms with Crippen molar-refractivity contribution in [2.75, 3.05) is 47.5 Å². The molecule has 0 aromatic heterocycles. The number of aliphatic hydroxyl groups is 1. The first kappa shape index (κ1) is 57.4. The summed E-state index contributed by atoms with van der Waals surface area (Å²) in [5.74, 6) is -1.15. The van der Waals surface area contributed by atoms with Gasteiger partial charge in [-0.25, -0.2) is 0 Å². The van der Waals surface area contributed by atoms with Crippen LogP contribution in [0.5, 0.6) is 0 Å². The lowest BCUT2D eigenvalue weighted by Gasteiger charge is -2.28. The van der Waals surface area contributed by atoms with E-state index in [0.717, 1.165) is 51.4 Å². The number of likely N-dealkylation sites (N-methyl/N-ethyl adjacent to an activating group) is 1. The van der Waals surface area contributed by atoms with Gasteiger partial charge in [0.1, 0.15) is 19.8 Å². The molecule has 0 aliphatic rings. The Labute approximate surface area is 370 Å². The summed E-state index contributed by atoms with van der Waals surface area (Å²) in [6.45, 7) is 3.73. The van der Waals surface area contributed by atoms with Gasteiger partial charge in [0, 0.05) is 12.8 Å². The van der Waals surface area contributed by atoms with Crippen LogP contribution in [-0.4, -0.2) is 81.2 Å². The summed E-state index contributed by atoms with van der Waals surface area (Å²) in [6, 6.07) is 0. The lowest BCUT2D eigenvalue weighted by molar-refractivity contribution is -0.870. The first-order valence-corrected chi connectivity index (χ1v) is 23.8. The molecule has 1 N–H and O–H groups in total. The lowest BCUT2D eigenvalue weighted by atomic mass is 10.1. The van der Waals surface area contributed by atoms with Crippen LogP contribution in [0.1, 0.15) is 123 Å². The maximum absolute atomic E-state index is 12.7. The lowest BCUT2D eigenvalue weighted by Crippen LogP contribution is -2.37. The molecule has 0 aliphatic carbocycles. The summed E-state index contributed by atoms with van der Waals surface area (Å²) >= 11 is 0. The maximum atomic E-state index is 12.7. The topological polar surface area (TPSA) is 131 Å². The number of hydrogen-bond acceptors (Lipinski definition) is 9. The van der Waals surface area contributed by atoms with Crippen molar-refractivity contribution in [3.8, 4) is 0 Å². The van der Waals surface area contributed by atoms with Crippen molar-refractivity contribution in [3.63, 3.8) is 0 Å². The Hall–Kier alpha value is -3.63. The van der Waals surface area contributed by atoms with Crippen LogP contribution in [-0.2, 0) is 32.7 Å². The summed E-state index contributed by atoms with van der Waals surface area (Å²) in [5.41, 5.74) is 0. The van der Waals surface area contributed by atoms with Crippen molar-refractivity contribution in [1.82, 2.24) is 0 Å². The highest BCUT2D eigenvalue weighted by atomic mass is 31.2. The van der Waals surface area contributed by atoms with E-state index in [1.54, 1.807) is 12.2 Å². The van der Waals surface area contributed by atoms with Crippen molar-refractivity contribution in [2.24, 2.45) is 0 Å². The van der Waals surface area contributed by atoms with Crippen LogP contribution in [0.3, 0.4) is 0 Å². The highest BCUT2D eigenvalue weighted by molar-refractivity contribution is 7.45. The van der Waals surface area contributed by atoms with E-state index in [0.29, 0.717) is 30.3 Å². The van der Waals surface area contributed by atoms with Gasteiger partial charge in [-0.05, 0) is 83.5 Å². The Morgan fingerprint density at radius 2 is 1.15 bits per heavy atom. The van der Waals surface area contributed by atoms with Gasteiger partial charge in [-0.3, -0.25) is 14.2 Å². The Bertz CT molecular complexity index is 1460. The predicted molar refractivity (Wildman–Crippen MR) is 250 cm³/mol. The summed E-state index contributed by atoms with van der Waals surface area (Å²) < 4.78 is 33.6. The number of hydrogen-bond donors (Lipinski definition) is 1. The number of rotatable bonds is 38. The van der Waals surface area contributed by atoms with E-state index in [1.807, 2.05) is 45.4 Å². The van der Waals surface area contributed by atoms with Crippen LogP contribution < -0.4 is 4.89 Å². The molecule has 0 radical (unpaired) electrons. The Kier molecular flexibility index (Phi) is 38.0. The molecule has 2 unspecified atom stereocenters. The molecule has 344 valence electrons. The number of nitrogens with zero attached hydrogens (tertiary/aromatic N) is 1. The molecule has 0 aromatic rings. The Morgan fingerprint density at radius 3 is 1.69 bits per heavy atom. The monoisotopic (exact) mass is 870 g/mol. The van der Waals surface area contributed by atoms with E-state index >= 15 is 0 Å². The number of carbonyl (C=O) groups excluding carboxylic acids is 2. The molecule has 0 aliphatic heterocycles. The number of allylic oxidation sites excluding steroid dienone is 19. The van der Waals surface area contributed by atoms with E-state index < -0.39 is 38.6 Å².